The van der Waals surface area contributed by atoms with Crippen LogP contribution in [0.2, 0.25) is 0 Å². The third-order valence-electron chi connectivity index (χ3n) is 2.70. The second kappa shape index (κ2) is 9.25. The molecule has 0 fully saturated rings. The van der Waals surface area contributed by atoms with Gasteiger partial charge in [0, 0.05) is 11.6 Å². The van der Waals surface area contributed by atoms with Crippen LogP contribution in [0.25, 0.3) is 0 Å². The van der Waals surface area contributed by atoms with Gasteiger partial charge in [0.15, 0.2) is 5.11 Å². The molecule has 0 saturated carbocycles. The van der Waals surface area contributed by atoms with Crippen LogP contribution in [0, 0.1) is 0 Å². The fourth-order valence-electron chi connectivity index (χ4n) is 1.82. The van der Waals surface area contributed by atoms with Crippen LogP contribution < -0.4 is 20.2 Å². The van der Waals surface area contributed by atoms with Gasteiger partial charge in [0.2, 0.25) is 0 Å². The van der Waals surface area contributed by atoms with Crippen molar-refractivity contribution in [3.05, 3.63) is 23.8 Å². The number of nitrogens with zero attached hydrogens (tertiary/aromatic N) is 1. The molecule has 0 unspecified atom stereocenters. The Morgan fingerprint density at radius 3 is 2.50 bits per heavy atom. The van der Waals surface area contributed by atoms with E-state index in [-0.39, 0.29) is 6.04 Å². The highest BCUT2D eigenvalue weighted by molar-refractivity contribution is 7.80. The van der Waals surface area contributed by atoms with Crippen molar-refractivity contribution in [2.45, 2.75) is 40.7 Å². The quantitative estimate of drug-likeness (QED) is 0.459. The first-order chi connectivity index (χ1) is 10.5. The standard InChI is InChI=1S/C16H25N3O2S/c1-6-20-13-8-9-15(21-7-2)14(10-13)12(5)18-19-16(22)17-11(3)4/h8-11H,6-7H2,1-5H3,(H2,17,19,22)/b18-12-. The molecule has 1 aromatic rings. The van der Waals surface area contributed by atoms with E-state index in [1.54, 1.807) is 0 Å². The van der Waals surface area contributed by atoms with Crippen LogP contribution in [0.5, 0.6) is 11.5 Å². The second-order valence-corrected chi connectivity index (χ2v) is 5.37. The summed E-state index contributed by atoms with van der Waals surface area (Å²) in [5.41, 5.74) is 4.50. The molecule has 0 aliphatic heterocycles. The Labute approximate surface area is 138 Å². The van der Waals surface area contributed by atoms with E-state index >= 15 is 0 Å². The summed E-state index contributed by atoms with van der Waals surface area (Å²) in [4.78, 5) is 0. The van der Waals surface area contributed by atoms with Gasteiger partial charge in [-0.1, -0.05) is 0 Å². The first kappa shape index (κ1) is 18.2. The summed E-state index contributed by atoms with van der Waals surface area (Å²) in [7, 11) is 0. The molecule has 2 N–H and O–H groups in total. The molecule has 0 aromatic heterocycles. The van der Waals surface area contributed by atoms with Gasteiger partial charge in [-0.25, -0.2) is 0 Å². The first-order valence-electron chi connectivity index (χ1n) is 7.48. The molecule has 0 atom stereocenters. The third kappa shape index (κ3) is 5.89. The molecule has 122 valence electrons. The smallest absolute Gasteiger partial charge is 0.187 e. The average molecular weight is 323 g/mol. The van der Waals surface area contributed by atoms with Gasteiger partial charge in [0.1, 0.15) is 11.5 Å². The zero-order valence-electron chi connectivity index (χ0n) is 13.9. The van der Waals surface area contributed by atoms with E-state index in [2.05, 4.69) is 15.8 Å². The Hall–Kier alpha value is -1.82. The van der Waals surface area contributed by atoms with Gasteiger partial charge in [-0.05, 0) is 65.0 Å². The Bertz CT molecular complexity index is 530. The lowest BCUT2D eigenvalue weighted by atomic mass is 10.1. The predicted molar refractivity (Wildman–Crippen MR) is 95.0 cm³/mol. The van der Waals surface area contributed by atoms with E-state index in [0.717, 1.165) is 22.8 Å². The molecule has 5 nitrogen and oxygen atoms in total. The zero-order valence-corrected chi connectivity index (χ0v) is 14.7. The maximum atomic E-state index is 5.65. The Balaban J connectivity index is 2.94. The summed E-state index contributed by atoms with van der Waals surface area (Å²) in [5, 5.41) is 7.89. The summed E-state index contributed by atoms with van der Waals surface area (Å²) < 4.78 is 11.2. The van der Waals surface area contributed by atoms with Gasteiger partial charge < -0.3 is 14.8 Å². The maximum absolute atomic E-state index is 5.65. The minimum absolute atomic E-state index is 0.260. The Morgan fingerprint density at radius 1 is 1.23 bits per heavy atom. The van der Waals surface area contributed by atoms with E-state index in [1.807, 2.05) is 52.8 Å². The van der Waals surface area contributed by atoms with E-state index < -0.39 is 0 Å². The molecule has 1 aromatic carbocycles. The topological polar surface area (TPSA) is 54.9 Å². The van der Waals surface area contributed by atoms with Crippen LogP contribution in [-0.2, 0) is 0 Å². The highest BCUT2D eigenvalue weighted by Crippen LogP contribution is 2.25. The minimum Gasteiger partial charge on any atom is -0.494 e. The van der Waals surface area contributed by atoms with Crippen LogP contribution >= 0.6 is 12.2 Å². The van der Waals surface area contributed by atoms with Gasteiger partial charge in [-0.15, -0.1) is 0 Å². The lowest BCUT2D eigenvalue weighted by molar-refractivity contribution is 0.330. The van der Waals surface area contributed by atoms with Crippen molar-refractivity contribution in [1.82, 2.24) is 10.7 Å². The van der Waals surface area contributed by atoms with Crippen molar-refractivity contribution in [3.8, 4) is 11.5 Å². The molecule has 0 saturated heterocycles. The van der Waals surface area contributed by atoms with Gasteiger partial charge in [0.05, 0.1) is 18.9 Å². The fraction of sp³-hybridized carbons (Fsp3) is 0.500. The minimum atomic E-state index is 0.260. The second-order valence-electron chi connectivity index (χ2n) is 4.96. The lowest BCUT2D eigenvalue weighted by Crippen LogP contribution is -2.37. The number of thiocarbonyl (C=S) groups is 1. The summed E-state index contributed by atoms with van der Waals surface area (Å²) in [5.74, 6) is 1.56. The molecule has 6 heteroatoms. The summed E-state index contributed by atoms with van der Waals surface area (Å²) in [6.07, 6.45) is 0. The molecule has 0 spiro atoms. The van der Waals surface area contributed by atoms with Crippen LogP contribution in [0.4, 0.5) is 0 Å². The molecule has 0 aliphatic carbocycles. The highest BCUT2D eigenvalue weighted by Gasteiger charge is 2.09. The number of hydrogen-bond donors (Lipinski definition) is 2. The predicted octanol–water partition coefficient (Wildman–Crippen LogP) is 3.08. The fourth-order valence-corrected chi connectivity index (χ4v) is 2.10. The third-order valence-corrected chi connectivity index (χ3v) is 2.91. The van der Waals surface area contributed by atoms with Crippen molar-refractivity contribution < 1.29 is 9.47 Å². The van der Waals surface area contributed by atoms with E-state index in [9.17, 15) is 0 Å². The van der Waals surface area contributed by atoms with E-state index in [1.165, 1.54) is 0 Å². The first-order valence-corrected chi connectivity index (χ1v) is 7.89. The molecular formula is C16H25N3O2S. The summed E-state index contributed by atoms with van der Waals surface area (Å²) >= 11 is 5.16. The molecule has 1 rings (SSSR count). The maximum Gasteiger partial charge on any atom is 0.187 e. The number of hydrazone groups is 1. The van der Waals surface area contributed by atoms with Gasteiger partial charge in [-0.2, -0.15) is 5.10 Å². The average Bonchev–Trinajstić information content (AvgIpc) is 2.46. The molecule has 0 bridgehead atoms. The Morgan fingerprint density at radius 2 is 1.91 bits per heavy atom. The van der Waals surface area contributed by atoms with Gasteiger partial charge >= 0.3 is 0 Å². The summed E-state index contributed by atoms with van der Waals surface area (Å²) in [6.45, 7) is 11.0. The SMILES string of the molecule is CCOc1ccc(OCC)c(/C(C)=N\NC(=S)NC(C)C)c1. The number of ether oxygens (including phenoxy) is 2. The van der Waals surface area contributed by atoms with Crippen LogP contribution in [0.3, 0.4) is 0 Å². The van der Waals surface area contributed by atoms with Gasteiger partial charge in [0.25, 0.3) is 0 Å². The number of nitrogens with one attached hydrogen (secondary N) is 2. The van der Waals surface area contributed by atoms with Crippen molar-refractivity contribution in [3.63, 3.8) is 0 Å². The van der Waals surface area contributed by atoms with Crippen molar-refractivity contribution in [2.75, 3.05) is 13.2 Å². The largest absolute Gasteiger partial charge is 0.494 e. The number of hydrogen-bond acceptors (Lipinski definition) is 4. The van der Waals surface area contributed by atoms with Crippen LogP contribution in [0.1, 0.15) is 40.2 Å². The monoisotopic (exact) mass is 323 g/mol. The Kier molecular flexibility index (Phi) is 7.66. The lowest BCUT2D eigenvalue weighted by Gasteiger charge is -2.14. The normalized spacial score (nSPS) is 11.3. The van der Waals surface area contributed by atoms with Crippen LogP contribution in [-0.4, -0.2) is 30.1 Å². The molecular weight excluding hydrogens is 298 g/mol. The molecule has 0 aliphatic rings. The van der Waals surface area contributed by atoms with Gasteiger partial charge in [-0.3, -0.25) is 5.43 Å². The van der Waals surface area contributed by atoms with Crippen molar-refractivity contribution >= 4 is 23.0 Å². The van der Waals surface area contributed by atoms with Crippen LogP contribution in [0.15, 0.2) is 23.3 Å². The molecule has 0 heterocycles. The molecule has 0 radical (unpaired) electrons. The number of benzene rings is 1. The van der Waals surface area contributed by atoms with E-state index in [4.69, 9.17) is 21.7 Å². The van der Waals surface area contributed by atoms with Crippen molar-refractivity contribution in [2.24, 2.45) is 5.10 Å². The zero-order chi connectivity index (χ0) is 16.5. The van der Waals surface area contributed by atoms with Crippen molar-refractivity contribution in [1.29, 1.82) is 0 Å². The highest BCUT2D eigenvalue weighted by atomic mass is 32.1. The number of rotatable bonds is 7. The summed E-state index contributed by atoms with van der Waals surface area (Å²) in [6, 6.07) is 5.97. The van der Waals surface area contributed by atoms with E-state index in [0.29, 0.717) is 18.3 Å². The molecule has 0 amide bonds. The molecule has 22 heavy (non-hydrogen) atoms.